The van der Waals surface area contributed by atoms with Crippen LogP contribution in [-0.2, 0) is 16.1 Å². The van der Waals surface area contributed by atoms with Crippen LogP contribution in [0.1, 0.15) is 22.3 Å². The molecule has 144 valence electrons. The molecule has 0 spiro atoms. The maximum Gasteiger partial charge on any atom is 0.254 e. The Labute approximate surface area is 167 Å². The van der Waals surface area contributed by atoms with Gasteiger partial charge in [0.15, 0.2) is 0 Å². The fourth-order valence-corrected chi connectivity index (χ4v) is 2.96. The molecule has 0 atom stereocenters. The van der Waals surface area contributed by atoms with Crippen LogP contribution in [-0.4, -0.2) is 43.6 Å². The number of benzene rings is 2. The second-order valence-corrected chi connectivity index (χ2v) is 6.77. The third kappa shape index (κ3) is 6.69. The Bertz CT molecular complexity index is 768. The molecule has 2 aromatic carbocycles. The van der Waals surface area contributed by atoms with Gasteiger partial charge in [-0.15, -0.1) is 0 Å². The van der Waals surface area contributed by atoms with Crippen LogP contribution < -0.4 is 10.5 Å². The highest BCUT2D eigenvalue weighted by Gasteiger charge is 2.18. The standard InChI is InChI=1S/C20H23BrN2O4/c1-26-11-12-27-18-8-7-16(13-17(18)21)20(25)23(10-9-19(22)24)14-15-5-3-2-4-6-15/h2-8,13H,9-12,14H2,1H3,(H2,22,24). The number of halogens is 1. The fourth-order valence-electron chi connectivity index (χ4n) is 2.47. The lowest BCUT2D eigenvalue weighted by Crippen LogP contribution is -2.33. The first kappa shape index (κ1) is 20.9. The molecule has 0 saturated carbocycles. The average molecular weight is 435 g/mol. The molecule has 2 aromatic rings. The lowest BCUT2D eigenvalue weighted by atomic mass is 10.1. The zero-order valence-corrected chi connectivity index (χ0v) is 16.8. The summed E-state index contributed by atoms with van der Waals surface area (Å²) in [7, 11) is 1.60. The van der Waals surface area contributed by atoms with E-state index >= 15 is 0 Å². The number of carbonyl (C=O) groups is 2. The Balaban J connectivity index is 2.15. The minimum atomic E-state index is -0.441. The van der Waals surface area contributed by atoms with Crippen LogP contribution in [0, 0.1) is 0 Å². The van der Waals surface area contributed by atoms with E-state index in [0.717, 1.165) is 5.56 Å². The number of nitrogens with two attached hydrogens (primary N) is 1. The molecule has 0 aromatic heterocycles. The average Bonchev–Trinajstić information content (AvgIpc) is 2.66. The molecular formula is C20H23BrN2O4. The van der Waals surface area contributed by atoms with Gasteiger partial charge in [-0.25, -0.2) is 0 Å². The Kier molecular flexibility index (Phi) is 8.29. The molecule has 0 heterocycles. The summed E-state index contributed by atoms with van der Waals surface area (Å²) in [6.45, 7) is 1.55. The van der Waals surface area contributed by atoms with E-state index in [9.17, 15) is 9.59 Å². The number of amides is 2. The summed E-state index contributed by atoms with van der Waals surface area (Å²) in [6, 6.07) is 14.8. The number of carbonyl (C=O) groups excluding carboxylic acids is 2. The number of primary amides is 1. The smallest absolute Gasteiger partial charge is 0.254 e. The van der Waals surface area contributed by atoms with Gasteiger partial charge in [-0.05, 0) is 39.7 Å². The molecule has 2 amide bonds. The highest BCUT2D eigenvalue weighted by Crippen LogP contribution is 2.27. The van der Waals surface area contributed by atoms with Crippen molar-refractivity contribution >= 4 is 27.7 Å². The lowest BCUT2D eigenvalue weighted by molar-refractivity contribution is -0.118. The summed E-state index contributed by atoms with van der Waals surface area (Å²) in [5, 5.41) is 0. The fraction of sp³-hybridized carbons (Fsp3) is 0.300. The van der Waals surface area contributed by atoms with Gasteiger partial charge in [0.05, 0.1) is 11.1 Å². The van der Waals surface area contributed by atoms with Gasteiger partial charge in [0.1, 0.15) is 12.4 Å². The van der Waals surface area contributed by atoms with Gasteiger partial charge in [-0.3, -0.25) is 9.59 Å². The Hall–Kier alpha value is -2.38. The van der Waals surface area contributed by atoms with Gasteiger partial charge in [0.2, 0.25) is 5.91 Å². The first-order valence-electron chi connectivity index (χ1n) is 8.54. The predicted molar refractivity (Wildman–Crippen MR) is 107 cm³/mol. The zero-order chi connectivity index (χ0) is 19.6. The Morgan fingerprint density at radius 3 is 2.48 bits per heavy atom. The van der Waals surface area contributed by atoms with Crippen molar-refractivity contribution in [3.05, 3.63) is 64.1 Å². The molecule has 0 bridgehead atoms. The molecule has 0 unspecified atom stereocenters. The predicted octanol–water partition coefficient (Wildman–Crippen LogP) is 2.99. The van der Waals surface area contributed by atoms with Crippen molar-refractivity contribution in [1.82, 2.24) is 4.90 Å². The van der Waals surface area contributed by atoms with Gasteiger partial charge in [0, 0.05) is 32.2 Å². The monoisotopic (exact) mass is 434 g/mol. The van der Waals surface area contributed by atoms with Gasteiger partial charge < -0.3 is 20.1 Å². The maximum atomic E-state index is 13.0. The molecule has 0 aliphatic carbocycles. The summed E-state index contributed by atoms with van der Waals surface area (Å²) in [5.74, 6) is 0.0172. The lowest BCUT2D eigenvalue weighted by Gasteiger charge is -2.23. The molecule has 0 aliphatic rings. The molecule has 2 rings (SSSR count). The summed E-state index contributed by atoms with van der Waals surface area (Å²) in [5.41, 5.74) is 6.75. The molecule has 27 heavy (non-hydrogen) atoms. The number of ether oxygens (including phenoxy) is 2. The highest BCUT2D eigenvalue weighted by atomic mass is 79.9. The van der Waals surface area contributed by atoms with E-state index in [4.69, 9.17) is 15.2 Å². The minimum Gasteiger partial charge on any atom is -0.490 e. The van der Waals surface area contributed by atoms with Gasteiger partial charge in [0.25, 0.3) is 5.91 Å². The number of nitrogens with zero attached hydrogens (tertiary/aromatic N) is 1. The first-order valence-corrected chi connectivity index (χ1v) is 9.33. The second kappa shape index (κ2) is 10.7. The van der Waals surface area contributed by atoms with Crippen molar-refractivity contribution < 1.29 is 19.1 Å². The number of rotatable bonds is 10. The quantitative estimate of drug-likeness (QED) is 0.582. The van der Waals surface area contributed by atoms with Gasteiger partial charge in [-0.2, -0.15) is 0 Å². The molecule has 0 aliphatic heterocycles. The van der Waals surface area contributed by atoms with Crippen LogP contribution in [0.25, 0.3) is 0 Å². The second-order valence-electron chi connectivity index (χ2n) is 5.92. The number of methoxy groups -OCH3 is 1. The van der Waals surface area contributed by atoms with Crippen LogP contribution >= 0.6 is 15.9 Å². The van der Waals surface area contributed by atoms with E-state index in [-0.39, 0.29) is 18.9 Å². The van der Waals surface area contributed by atoms with Gasteiger partial charge >= 0.3 is 0 Å². The van der Waals surface area contributed by atoms with E-state index in [1.807, 2.05) is 30.3 Å². The van der Waals surface area contributed by atoms with Crippen LogP contribution in [0.2, 0.25) is 0 Å². The van der Waals surface area contributed by atoms with Crippen molar-refractivity contribution in [2.45, 2.75) is 13.0 Å². The minimum absolute atomic E-state index is 0.109. The van der Waals surface area contributed by atoms with Crippen LogP contribution in [0.5, 0.6) is 5.75 Å². The van der Waals surface area contributed by atoms with Crippen molar-refractivity contribution in [2.24, 2.45) is 5.73 Å². The Morgan fingerprint density at radius 1 is 1.11 bits per heavy atom. The summed E-state index contributed by atoms with van der Waals surface area (Å²) in [6.07, 6.45) is 0.109. The molecule has 0 saturated heterocycles. The normalized spacial score (nSPS) is 10.4. The maximum absolute atomic E-state index is 13.0. The topological polar surface area (TPSA) is 81.9 Å². The summed E-state index contributed by atoms with van der Waals surface area (Å²) >= 11 is 3.44. The van der Waals surface area contributed by atoms with E-state index in [2.05, 4.69) is 15.9 Å². The Morgan fingerprint density at radius 2 is 1.85 bits per heavy atom. The van der Waals surface area contributed by atoms with Crippen LogP contribution in [0.4, 0.5) is 0 Å². The first-order chi connectivity index (χ1) is 13.0. The SMILES string of the molecule is COCCOc1ccc(C(=O)N(CCC(N)=O)Cc2ccccc2)cc1Br. The third-order valence-electron chi connectivity index (χ3n) is 3.86. The highest BCUT2D eigenvalue weighted by molar-refractivity contribution is 9.10. The molecule has 0 fully saturated rings. The number of hydrogen-bond acceptors (Lipinski definition) is 4. The van der Waals surface area contributed by atoms with Crippen molar-refractivity contribution in [3.63, 3.8) is 0 Å². The van der Waals surface area contributed by atoms with Crippen molar-refractivity contribution in [1.29, 1.82) is 0 Å². The molecule has 2 N–H and O–H groups in total. The molecule has 6 nitrogen and oxygen atoms in total. The van der Waals surface area contributed by atoms with Crippen LogP contribution in [0.15, 0.2) is 53.0 Å². The molecule has 0 radical (unpaired) electrons. The van der Waals surface area contributed by atoms with E-state index in [1.165, 1.54) is 0 Å². The van der Waals surface area contributed by atoms with Crippen molar-refractivity contribution in [3.8, 4) is 5.75 Å². The molecule has 7 heteroatoms. The van der Waals surface area contributed by atoms with E-state index in [1.54, 1.807) is 30.2 Å². The van der Waals surface area contributed by atoms with E-state index < -0.39 is 5.91 Å². The molecular weight excluding hydrogens is 412 g/mol. The van der Waals surface area contributed by atoms with E-state index in [0.29, 0.717) is 35.5 Å². The largest absolute Gasteiger partial charge is 0.490 e. The summed E-state index contributed by atoms with van der Waals surface area (Å²) in [4.78, 5) is 25.8. The van der Waals surface area contributed by atoms with Gasteiger partial charge in [-0.1, -0.05) is 30.3 Å². The summed E-state index contributed by atoms with van der Waals surface area (Å²) < 4.78 is 11.2. The van der Waals surface area contributed by atoms with Crippen LogP contribution in [0.3, 0.4) is 0 Å². The van der Waals surface area contributed by atoms with Crippen molar-refractivity contribution in [2.75, 3.05) is 26.9 Å². The number of hydrogen-bond donors (Lipinski definition) is 1. The third-order valence-corrected chi connectivity index (χ3v) is 4.48. The zero-order valence-electron chi connectivity index (χ0n) is 15.2.